The number of halogens is 3. The Hall–Kier alpha value is -2.01. The molecule has 8 nitrogen and oxygen atoms in total. The van der Waals surface area contributed by atoms with E-state index in [0.29, 0.717) is 18.8 Å². The average Bonchev–Trinajstić information content (AvgIpc) is 3.02. The molecule has 0 atom stereocenters. The lowest BCUT2D eigenvalue weighted by Gasteiger charge is -2.05. The van der Waals surface area contributed by atoms with Gasteiger partial charge in [0, 0.05) is 13.0 Å². The number of nitrogens with two attached hydrogens (primary N) is 1. The number of aromatic nitrogens is 5. The SMILES string of the molecule is NCCn1cc(-c2nc(CCOCC(F)(F)F)no2)nn1. The van der Waals surface area contributed by atoms with Gasteiger partial charge in [-0.2, -0.15) is 18.2 Å². The topological polar surface area (TPSA) is 105 Å². The van der Waals surface area contributed by atoms with Crippen molar-refractivity contribution in [1.82, 2.24) is 25.1 Å². The van der Waals surface area contributed by atoms with Crippen LogP contribution in [0.1, 0.15) is 5.82 Å². The van der Waals surface area contributed by atoms with Gasteiger partial charge in [0.05, 0.1) is 19.3 Å². The van der Waals surface area contributed by atoms with Crippen LogP contribution in [-0.4, -0.2) is 51.1 Å². The quantitative estimate of drug-likeness (QED) is 0.738. The van der Waals surface area contributed by atoms with E-state index in [0.717, 1.165) is 0 Å². The highest BCUT2D eigenvalue weighted by atomic mass is 19.4. The lowest BCUT2D eigenvalue weighted by atomic mass is 10.4. The number of hydrogen-bond acceptors (Lipinski definition) is 7. The Labute approximate surface area is 117 Å². The van der Waals surface area contributed by atoms with Gasteiger partial charge in [0.15, 0.2) is 11.5 Å². The zero-order valence-electron chi connectivity index (χ0n) is 10.9. The molecule has 0 aromatic carbocycles. The summed E-state index contributed by atoms with van der Waals surface area (Å²) in [6.45, 7) is -0.544. The molecule has 0 amide bonds. The largest absolute Gasteiger partial charge is 0.411 e. The van der Waals surface area contributed by atoms with E-state index in [1.54, 1.807) is 6.20 Å². The molecule has 0 bridgehead atoms. The molecular weight excluding hydrogens is 293 g/mol. The van der Waals surface area contributed by atoms with Gasteiger partial charge in [-0.1, -0.05) is 10.4 Å². The number of alkyl halides is 3. The van der Waals surface area contributed by atoms with Crippen molar-refractivity contribution in [3.05, 3.63) is 12.0 Å². The Morgan fingerprint density at radius 3 is 2.90 bits per heavy atom. The lowest BCUT2D eigenvalue weighted by molar-refractivity contribution is -0.173. The van der Waals surface area contributed by atoms with Gasteiger partial charge < -0.3 is 15.0 Å². The standard InChI is InChI=1S/C10H13F3N6O2/c11-10(12,13)6-20-4-1-8-15-9(21-17-8)7-5-19(3-2-14)18-16-7/h5H,1-4,6,14H2. The van der Waals surface area contributed by atoms with Crippen LogP contribution in [-0.2, 0) is 17.7 Å². The second-order valence-corrected chi connectivity index (χ2v) is 4.09. The molecule has 2 N–H and O–H groups in total. The highest BCUT2D eigenvalue weighted by Gasteiger charge is 2.27. The molecule has 0 aliphatic rings. The van der Waals surface area contributed by atoms with Crippen molar-refractivity contribution in [2.75, 3.05) is 19.8 Å². The fraction of sp³-hybridized carbons (Fsp3) is 0.600. The van der Waals surface area contributed by atoms with E-state index in [-0.39, 0.29) is 24.7 Å². The van der Waals surface area contributed by atoms with Crippen LogP contribution in [0.25, 0.3) is 11.6 Å². The van der Waals surface area contributed by atoms with Crippen molar-refractivity contribution >= 4 is 0 Å². The van der Waals surface area contributed by atoms with E-state index in [2.05, 4.69) is 25.2 Å². The first-order valence-corrected chi connectivity index (χ1v) is 6.05. The Morgan fingerprint density at radius 1 is 1.38 bits per heavy atom. The molecule has 11 heteroatoms. The van der Waals surface area contributed by atoms with Crippen LogP contribution in [0.4, 0.5) is 13.2 Å². The molecule has 2 rings (SSSR count). The third-order valence-corrected chi connectivity index (χ3v) is 2.32. The second-order valence-electron chi connectivity index (χ2n) is 4.09. The van der Waals surface area contributed by atoms with E-state index in [9.17, 15) is 13.2 Å². The van der Waals surface area contributed by atoms with Crippen molar-refractivity contribution in [2.24, 2.45) is 5.73 Å². The third kappa shape index (κ3) is 4.79. The molecule has 21 heavy (non-hydrogen) atoms. The Balaban J connectivity index is 1.86. The normalized spacial score (nSPS) is 12.0. The number of hydrogen-bond donors (Lipinski definition) is 1. The molecule has 0 saturated heterocycles. The first-order chi connectivity index (χ1) is 9.98. The smallest absolute Gasteiger partial charge is 0.372 e. The minimum absolute atomic E-state index is 0.108. The van der Waals surface area contributed by atoms with Gasteiger partial charge in [-0.3, -0.25) is 4.68 Å². The summed E-state index contributed by atoms with van der Waals surface area (Å²) in [5.74, 6) is 0.379. The second kappa shape index (κ2) is 6.63. The van der Waals surface area contributed by atoms with E-state index >= 15 is 0 Å². The van der Waals surface area contributed by atoms with Gasteiger partial charge in [0.1, 0.15) is 6.61 Å². The van der Waals surface area contributed by atoms with Crippen molar-refractivity contribution in [3.8, 4) is 11.6 Å². The minimum atomic E-state index is -4.34. The van der Waals surface area contributed by atoms with Gasteiger partial charge >= 0.3 is 6.18 Å². The maximum absolute atomic E-state index is 11.9. The van der Waals surface area contributed by atoms with Crippen LogP contribution >= 0.6 is 0 Å². The van der Waals surface area contributed by atoms with Gasteiger partial charge in [0.25, 0.3) is 5.89 Å². The van der Waals surface area contributed by atoms with Gasteiger partial charge in [0.2, 0.25) is 0 Å². The summed E-state index contributed by atoms with van der Waals surface area (Å²) in [7, 11) is 0. The van der Waals surface area contributed by atoms with E-state index in [1.807, 2.05) is 0 Å². The van der Waals surface area contributed by atoms with E-state index < -0.39 is 12.8 Å². The number of nitrogens with zero attached hydrogens (tertiary/aromatic N) is 5. The van der Waals surface area contributed by atoms with E-state index in [4.69, 9.17) is 10.3 Å². The minimum Gasteiger partial charge on any atom is -0.372 e. The molecule has 0 unspecified atom stereocenters. The zero-order chi connectivity index (χ0) is 15.3. The van der Waals surface area contributed by atoms with Crippen LogP contribution in [0, 0.1) is 0 Å². The number of ether oxygens (including phenoxy) is 1. The van der Waals surface area contributed by atoms with Crippen molar-refractivity contribution in [1.29, 1.82) is 0 Å². The molecule has 2 aromatic rings. The van der Waals surface area contributed by atoms with Crippen LogP contribution in [0.3, 0.4) is 0 Å². The lowest BCUT2D eigenvalue weighted by Crippen LogP contribution is -2.18. The fourth-order valence-electron chi connectivity index (χ4n) is 1.45. The molecular formula is C10H13F3N6O2. The first-order valence-electron chi connectivity index (χ1n) is 6.05. The molecule has 116 valence electrons. The van der Waals surface area contributed by atoms with Crippen LogP contribution in [0.15, 0.2) is 10.7 Å². The first kappa shape index (κ1) is 15.4. The predicted octanol–water partition coefficient (Wildman–Crippen LogP) is 0.408. The van der Waals surface area contributed by atoms with E-state index in [1.165, 1.54) is 4.68 Å². The molecule has 0 aliphatic heterocycles. The molecule has 0 aliphatic carbocycles. The molecule has 2 heterocycles. The Bertz CT molecular complexity index is 567. The van der Waals surface area contributed by atoms with Crippen molar-refractivity contribution in [3.63, 3.8) is 0 Å². The van der Waals surface area contributed by atoms with Crippen molar-refractivity contribution in [2.45, 2.75) is 19.1 Å². The van der Waals surface area contributed by atoms with Gasteiger partial charge in [-0.05, 0) is 0 Å². The third-order valence-electron chi connectivity index (χ3n) is 2.32. The summed E-state index contributed by atoms with van der Waals surface area (Å²) in [4.78, 5) is 4.00. The molecule has 0 saturated carbocycles. The Kier molecular flexibility index (Phi) is 4.85. The maximum Gasteiger partial charge on any atom is 0.411 e. The molecule has 0 radical (unpaired) electrons. The molecule has 2 aromatic heterocycles. The zero-order valence-corrected chi connectivity index (χ0v) is 10.9. The van der Waals surface area contributed by atoms with Gasteiger partial charge in [-0.25, -0.2) is 0 Å². The summed E-state index contributed by atoms with van der Waals surface area (Å²) in [5.41, 5.74) is 5.75. The Morgan fingerprint density at radius 2 is 2.19 bits per heavy atom. The average molecular weight is 306 g/mol. The maximum atomic E-state index is 11.9. The van der Waals surface area contributed by atoms with Crippen LogP contribution in [0.2, 0.25) is 0 Å². The highest BCUT2D eigenvalue weighted by molar-refractivity contribution is 5.43. The van der Waals surface area contributed by atoms with Crippen LogP contribution < -0.4 is 5.73 Å². The molecule has 0 spiro atoms. The highest BCUT2D eigenvalue weighted by Crippen LogP contribution is 2.15. The van der Waals surface area contributed by atoms with Crippen LogP contribution in [0.5, 0.6) is 0 Å². The molecule has 0 fully saturated rings. The van der Waals surface area contributed by atoms with Gasteiger partial charge in [-0.15, -0.1) is 5.10 Å². The monoisotopic (exact) mass is 306 g/mol. The fourth-order valence-corrected chi connectivity index (χ4v) is 1.45. The summed E-state index contributed by atoms with van der Waals surface area (Å²) in [6, 6.07) is 0. The summed E-state index contributed by atoms with van der Waals surface area (Å²) in [5, 5.41) is 11.3. The summed E-state index contributed by atoms with van der Waals surface area (Å²) in [6.07, 6.45) is -2.65. The predicted molar refractivity (Wildman–Crippen MR) is 62.9 cm³/mol. The summed E-state index contributed by atoms with van der Waals surface area (Å²) < 4.78 is 46.5. The summed E-state index contributed by atoms with van der Waals surface area (Å²) >= 11 is 0. The number of rotatable bonds is 7. The van der Waals surface area contributed by atoms with Crippen molar-refractivity contribution < 1.29 is 22.4 Å².